The zero-order valence-electron chi connectivity index (χ0n) is 19.0. The molecule has 4 rings (SSSR count). The molecule has 0 bridgehead atoms. The van der Waals surface area contributed by atoms with Crippen molar-refractivity contribution in [1.82, 2.24) is 20.2 Å². The van der Waals surface area contributed by atoms with Crippen LogP contribution in [0.25, 0.3) is 0 Å². The standard InChI is InChI=1S/C23H32BrN7O/c1-15(2)17-13-16(31-11-9-30(3)10-12-31)6-7-19(17)28-23-26-14-18(24)21(29-23)27-20-5-4-8-25-22(20)32/h6-7,13-15,20H,4-5,8-12H2,1-3H3,(H,25,32)(H2,26,27,28,29). The second kappa shape index (κ2) is 10.0. The quantitative estimate of drug-likeness (QED) is 0.557. The molecule has 2 saturated heterocycles. The lowest BCUT2D eigenvalue weighted by Gasteiger charge is -2.34. The van der Waals surface area contributed by atoms with Crippen LogP contribution in [-0.4, -0.2) is 66.6 Å². The highest BCUT2D eigenvalue weighted by atomic mass is 79.9. The number of benzene rings is 1. The topological polar surface area (TPSA) is 85.4 Å². The van der Waals surface area contributed by atoms with Gasteiger partial charge in [0.2, 0.25) is 11.9 Å². The van der Waals surface area contributed by atoms with Crippen LogP contribution in [0.5, 0.6) is 0 Å². The summed E-state index contributed by atoms with van der Waals surface area (Å²) in [6.45, 7) is 9.38. The van der Waals surface area contributed by atoms with Gasteiger partial charge in [-0.2, -0.15) is 4.98 Å². The van der Waals surface area contributed by atoms with E-state index in [0.29, 0.717) is 17.7 Å². The van der Waals surface area contributed by atoms with Gasteiger partial charge < -0.3 is 25.8 Å². The van der Waals surface area contributed by atoms with Crippen LogP contribution < -0.4 is 20.9 Å². The van der Waals surface area contributed by atoms with Crippen LogP contribution in [0.1, 0.15) is 38.2 Å². The van der Waals surface area contributed by atoms with Gasteiger partial charge in [-0.15, -0.1) is 0 Å². The predicted octanol–water partition coefficient (Wildman–Crippen LogP) is 3.55. The van der Waals surface area contributed by atoms with Crippen molar-refractivity contribution in [1.29, 1.82) is 0 Å². The summed E-state index contributed by atoms with van der Waals surface area (Å²) in [5, 5.41) is 9.55. The van der Waals surface area contributed by atoms with Gasteiger partial charge in [0.1, 0.15) is 11.9 Å². The minimum Gasteiger partial charge on any atom is -0.369 e. The molecule has 0 spiro atoms. The minimum absolute atomic E-state index is 0.0119. The summed E-state index contributed by atoms with van der Waals surface area (Å²) in [5.74, 6) is 1.48. The number of piperazine rings is 1. The minimum atomic E-state index is -0.281. The number of carbonyl (C=O) groups excluding carboxylic acids is 1. The van der Waals surface area contributed by atoms with Crippen LogP contribution in [0.4, 0.5) is 23.1 Å². The second-order valence-electron chi connectivity index (χ2n) is 8.86. The van der Waals surface area contributed by atoms with Crippen molar-refractivity contribution in [3.8, 4) is 0 Å². The number of likely N-dealkylation sites (N-methyl/N-ethyl adjacent to an activating group) is 1. The predicted molar refractivity (Wildman–Crippen MR) is 133 cm³/mol. The normalized spacial score (nSPS) is 19.7. The highest BCUT2D eigenvalue weighted by Gasteiger charge is 2.23. The maximum atomic E-state index is 12.1. The Balaban J connectivity index is 1.53. The maximum Gasteiger partial charge on any atom is 0.242 e. The molecule has 9 heteroatoms. The zero-order valence-corrected chi connectivity index (χ0v) is 20.6. The molecular formula is C23H32BrN7O. The molecule has 1 aromatic carbocycles. The van der Waals surface area contributed by atoms with Crippen LogP contribution >= 0.6 is 15.9 Å². The van der Waals surface area contributed by atoms with Gasteiger partial charge in [0.15, 0.2) is 0 Å². The Kier molecular flexibility index (Phi) is 7.15. The molecule has 2 aromatic rings. The number of carbonyl (C=O) groups is 1. The van der Waals surface area contributed by atoms with Crippen LogP contribution in [0.2, 0.25) is 0 Å². The van der Waals surface area contributed by atoms with E-state index in [4.69, 9.17) is 0 Å². The molecule has 3 heterocycles. The molecule has 32 heavy (non-hydrogen) atoms. The number of rotatable bonds is 6. The second-order valence-corrected chi connectivity index (χ2v) is 9.72. The van der Waals surface area contributed by atoms with E-state index in [1.54, 1.807) is 6.20 Å². The molecule has 2 aliphatic heterocycles. The van der Waals surface area contributed by atoms with Crippen molar-refractivity contribution >= 4 is 45.0 Å². The summed E-state index contributed by atoms with van der Waals surface area (Å²) in [5.41, 5.74) is 3.49. The molecule has 2 fully saturated rings. The first-order valence-corrected chi connectivity index (χ1v) is 12.1. The van der Waals surface area contributed by atoms with Gasteiger partial charge in [-0.3, -0.25) is 4.79 Å². The molecule has 0 radical (unpaired) electrons. The monoisotopic (exact) mass is 501 g/mol. The average Bonchev–Trinajstić information content (AvgIpc) is 2.78. The van der Waals surface area contributed by atoms with Crippen LogP contribution in [0.15, 0.2) is 28.9 Å². The molecule has 0 aliphatic carbocycles. The summed E-state index contributed by atoms with van der Waals surface area (Å²) in [4.78, 5) is 26.0. The summed E-state index contributed by atoms with van der Waals surface area (Å²) >= 11 is 3.50. The molecule has 2 aliphatic rings. The van der Waals surface area contributed by atoms with Crippen molar-refractivity contribution in [2.24, 2.45) is 0 Å². The van der Waals surface area contributed by atoms with E-state index in [9.17, 15) is 4.79 Å². The molecule has 172 valence electrons. The van der Waals surface area contributed by atoms with Gasteiger partial charge in [-0.05, 0) is 65.5 Å². The third kappa shape index (κ3) is 5.32. The fraction of sp³-hybridized carbons (Fsp3) is 0.522. The lowest BCUT2D eigenvalue weighted by atomic mass is 9.99. The number of piperidine rings is 1. The summed E-state index contributed by atoms with van der Waals surface area (Å²) in [6, 6.07) is 6.29. The molecule has 1 unspecified atom stereocenters. The van der Waals surface area contributed by atoms with E-state index in [2.05, 4.69) is 90.7 Å². The Hall–Kier alpha value is -2.39. The van der Waals surface area contributed by atoms with Gasteiger partial charge in [0.25, 0.3) is 0 Å². The van der Waals surface area contributed by atoms with Crippen LogP contribution in [-0.2, 0) is 4.79 Å². The maximum absolute atomic E-state index is 12.1. The van der Waals surface area contributed by atoms with E-state index in [0.717, 1.165) is 55.7 Å². The highest BCUT2D eigenvalue weighted by molar-refractivity contribution is 9.10. The zero-order chi connectivity index (χ0) is 22.7. The Morgan fingerprint density at radius 3 is 2.72 bits per heavy atom. The highest BCUT2D eigenvalue weighted by Crippen LogP contribution is 2.32. The number of anilines is 4. The Bertz CT molecular complexity index is 959. The van der Waals surface area contributed by atoms with Crippen molar-refractivity contribution in [2.45, 2.75) is 38.6 Å². The first kappa shape index (κ1) is 22.8. The lowest BCUT2D eigenvalue weighted by Crippen LogP contribution is -2.44. The van der Waals surface area contributed by atoms with Crippen molar-refractivity contribution in [3.05, 3.63) is 34.4 Å². The summed E-state index contributed by atoms with van der Waals surface area (Å²) < 4.78 is 0.732. The van der Waals surface area contributed by atoms with Gasteiger partial charge in [-0.1, -0.05) is 13.8 Å². The Morgan fingerprint density at radius 2 is 2.00 bits per heavy atom. The molecule has 1 amide bonds. The van der Waals surface area contributed by atoms with E-state index >= 15 is 0 Å². The number of hydrogen-bond donors (Lipinski definition) is 3. The first-order valence-electron chi connectivity index (χ1n) is 11.3. The van der Waals surface area contributed by atoms with Gasteiger partial charge in [-0.25, -0.2) is 4.98 Å². The van der Waals surface area contributed by atoms with Crippen LogP contribution in [0.3, 0.4) is 0 Å². The fourth-order valence-electron chi connectivity index (χ4n) is 4.13. The molecule has 3 N–H and O–H groups in total. The lowest BCUT2D eigenvalue weighted by molar-refractivity contribution is -0.123. The van der Waals surface area contributed by atoms with Gasteiger partial charge in [0.05, 0.1) is 4.47 Å². The SMILES string of the molecule is CC(C)c1cc(N2CCN(C)CC2)ccc1Nc1ncc(Br)c(NC2CCCNC2=O)n1. The van der Waals surface area contributed by atoms with Crippen molar-refractivity contribution in [2.75, 3.05) is 55.3 Å². The molecule has 0 saturated carbocycles. The van der Waals surface area contributed by atoms with Gasteiger partial charge >= 0.3 is 0 Å². The number of amides is 1. The smallest absolute Gasteiger partial charge is 0.242 e. The molecule has 1 atom stereocenters. The molecule has 8 nitrogen and oxygen atoms in total. The fourth-order valence-corrected chi connectivity index (χ4v) is 4.43. The number of nitrogens with zero attached hydrogens (tertiary/aromatic N) is 4. The van der Waals surface area contributed by atoms with E-state index < -0.39 is 0 Å². The Labute approximate surface area is 198 Å². The van der Waals surface area contributed by atoms with E-state index in [1.165, 1.54) is 11.3 Å². The number of nitrogens with one attached hydrogen (secondary N) is 3. The van der Waals surface area contributed by atoms with Gasteiger partial charge in [0, 0.05) is 50.3 Å². The third-order valence-electron chi connectivity index (χ3n) is 6.11. The number of hydrogen-bond acceptors (Lipinski definition) is 7. The molecular weight excluding hydrogens is 470 g/mol. The summed E-state index contributed by atoms with van der Waals surface area (Å²) in [6.07, 6.45) is 3.46. The van der Waals surface area contributed by atoms with E-state index in [1.807, 2.05) is 0 Å². The average molecular weight is 502 g/mol. The van der Waals surface area contributed by atoms with Crippen molar-refractivity contribution in [3.63, 3.8) is 0 Å². The largest absolute Gasteiger partial charge is 0.369 e. The molecule has 1 aromatic heterocycles. The number of halogens is 1. The third-order valence-corrected chi connectivity index (χ3v) is 6.69. The van der Waals surface area contributed by atoms with Crippen molar-refractivity contribution < 1.29 is 4.79 Å². The summed E-state index contributed by atoms with van der Waals surface area (Å²) in [7, 11) is 2.17. The van der Waals surface area contributed by atoms with Crippen LogP contribution in [0, 0.1) is 0 Å². The first-order chi connectivity index (χ1) is 15.4. The number of aromatic nitrogens is 2. The Morgan fingerprint density at radius 1 is 1.22 bits per heavy atom. The van der Waals surface area contributed by atoms with E-state index in [-0.39, 0.29) is 11.9 Å².